The van der Waals surface area contributed by atoms with Crippen molar-refractivity contribution < 1.29 is 8.42 Å². The largest absolute Gasteiger partial charge is 0.243 e. The molecule has 0 N–H and O–H groups in total. The van der Waals surface area contributed by atoms with Crippen molar-refractivity contribution in [2.75, 3.05) is 6.54 Å². The van der Waals surface area contributed by atoms with Crippen LogP contribution in [-0.4, -0.2) is 19.3 Å². The van der Waals surface area contributed by atoms with E-state index in [0.717, 1.165) is 18.4 Å². The summed E-state index contributed by atoms with van der Waals surface area (Å²) in [6.07, 6.45) is 5.68. The second-order valence-corrected chi connectivity index (χ2v) is 8.81. The van der Waals surface area contributed by atoms with Gasteiger partial charge < -0.3 is 0 Å². The van der Waals surface area contributed by atoms with Crippen molar-refractivity contribution in [2.45, 2.75) is 23.8 Å². The van der Waals surface area contributed by atoms with E-state index in [0.29, 0.717) is 6.54 Å². The fourth-order valence-electron chi connectivity index (χ4n) is 4.30. The van der Waals surface area contributed by atoms with E-state index in [4.69, 9.17) is 0 Å². The van der Waals surface area contributed by atoms with E-state index < -0.39 is 21.5 Å². The van der Waals surface area contributed by atoms with Gasteiger partial charge >= 0.3 is 0 Å². The molecule has 0 spiro atoms. The molecule has 0 aromatic heterocycles. The highest BCUT2D eigenvalue weighted by Crippen LogP contribution is 2.56. The number of rotatable bonds is 3. The first kappa shape index (κ1) is 17.0. The molecule has 4 nitrogen and oxygen atoms in total. The van der Waals surface area contributed by atoms with Crippen LogP contribution < -0.4 is 0 Å². The first-order chi connectivity index (χ1) is 12.6. The van der Waals surface area contributed by atoms with Gasteiger partial charge in [-0.1, -0.05) is 60.7 Å². The standard InChI is InChI=1S/C21H20N2O2S/c22-16-21-14-8-7-11-18(21)15-23(20(21)17-9-3-1-4-10-17)26(24,25)19-12-5-2-6-13-19/h1-6,8-10,12-14,18,20H,7,11,15H2/t18-,20+,21+/m1/s1. The van der Waals surface area contributed by atoms with Gasteiger partial charge in [-0.3, -0.25) is 0 Å². The molecule has 4 rings (SSSR count). The van der Waals surface area contributed by atoms with Gasteiger partial charge in [0.2, 0.25) is 10.0 Å². The summed E-state index contributed by atoms with van der Waals surface area (Å²) in [7, 11) is -3.69. The van der Waals surface area contributed by atoms with Crippen LogP contribution in [0.25, 0.3) is 0 Å². The van der Waals surface area contributed by atoms with Gasteiger partial charge in [-0.15, -0.1) is 0 Å². The number of nitriles is 1. The van der Waals surface area contributed by atoms with E-state index in [1.807, 2.05) is 42.5 Å². The monoisotopic (exact) mass is 364 g/mol. The minimum atomic E-state index is -3.69. The predicted molar refractivity (Wildman–Crippen MR) is 99.4 cm³/mol. The van der Waals surface area contributed by atoms with Crippen molar-refractivity contribution in [3.05, 3.63) is 78.4 Å². The van der Waals surface area contributed by atoms with Gasteiger partial charge in [0.1, 0.15) is 5.41 Å². The van der Waals surface area contributed by atoms with Gasteiger partial charge in [0, 0.05) is 6.54 Å². The molecule has 0 bridgehead atoms. The minimum absolute atomic E-state index is 0.00110. The van der Waals surface area contributed by atoms with Gasteiger partial charge in [0.15, 0.2) is 0 Å². The fraction of sp³-hybridized carbons (Fsp3) is 0.286. The Hall–Kier alpha value is -2.42. The normalized spacial score (nSPS) is 28.4. The van der Waals surface area contributed by atoms with Crippen LogP contribution in [0.2, 0.25) is 0 Å². The molecule has 0 saturated carbocycles. The van der Waals surface area contributed by atoms with E-state index in [1.165, 1.54) is 0 Å². The van der Waals surface area contributed by atoms with Gasteiger partial charge in [-0.05, 0) is 36.5 Å². The molecule has 0 amide bonds. The molecule has 1 aliphatic carbocycles. The molecular weight excluding hydrogens is 344 g/mol. The number of hydrogen-bond donors (Lipinski definition) is 0. The molecule has 1 fully saturated rings. The Morgan fingerprint density at radius 3 is 2.35 bits per heavy atom. The molecule has 3 atom stereocenters. The van der Waals surface area contributed by atoms with Crippen molar-refractivity contribution in [3.8, 4) is 6.07 Å². The smallest absolute Gasteiger partial charge is 0.207 e. The van der Waals surface area contributed by atoms with Crippen LogP contribution in [0.5, 0.6) is 0 Å². The minimum Gasteiger partial charge on any atom is -0.207 e. The van der Waals surface area contributed by atoms with Crippen LogP contribution in [0.3, 0.4) is 0 Å². The highest BCUT2D eigenvalue weighted by Gasteiger charge is 2.57. The van der Waals surface area contributed by atoms with Gasteiger partial charge in [0.25, 0.3) is 0 Å². The van der Waals surface area contributed by atoms with E-state index in [2.05, 4.69) is 6.07 Å². The summed E-state index contributed by atoms with van der Waals surface area (Å²) < 4.78 is 28.4. The van der Waals surface area contributed by atoms with Gasteiger partial charge in [-0.2, -0.15) is 9.57 Å². The Balaban J connectivity index is 1.90. The van der Waals surface area contributed by atoms with E-state index in [1.54, 1.807) is 34.6 Å². The number of hydrogen-bond acceptors (Lipinski definition) is 3. The average Bonchev–Trinajstić information content (AvgIpc) is 3.06. The Labute approximate surface area is 154 Å². The van der Waals surface area contributed by atoms with Crippen LogP contribution in [0.15, 0.2) is 77.7 Å². The highest BCUT2D eigenvalue weighted by atomic mass is 32.2. The maximum Gasteiger partial charge on any atom is 0.243 e. The molecule has 2 aliphatic rings. The zero-order valence-electron chi connectivity index (χ0n) is 14.3. The van der Waals surface area contributed by atoms with Gasteiger partial charge in [-0.25, -0.2) is 8.42 Å². The lowest BCUT2D eigenvalue weighted by molar-refractivity contribution is 0.288. The van der Waals surface area contributed by atoms with Crippen molar-refractivity contribution in [3.63, 3.8) is 0 Å². The predicted octanol–water partition coefficient (Wildman–Crippen LogP) is 3.91. The molecule has 2 aromatic rings. The summed E-state index contributed by atoms with van der Waals surface area (Å²) in [4.78, 5) is 0.275. The lowest BCUT2D eigenvalue weighted by Crippen LogP contribution is -2.35. The molecule has 5 heteroatoms. The zero-order valence-corrected chi connectivity index (χ0v) is 15.1. The van der Waals surface area contributed by atoms with Crippen molar-refractivity contribution in [1.29, 1.82) is 5.26 Å². The number of fused-ring (bicyclic) bond motifs is 1. The molecule has 1 saturated heterocycles. The number of allylic oxidation sites excluding steroid dienone is 1. The second-order valence-electron chi connectivity index (χ2n) is 6.92. The third-order valence-corrected chi connectivity index (χ3v) is 7.40. The third kappa shape index (κ3) is 2.49. The highest BCUT2D eigenvalue weighted by molar-refractivity contribution is 7.89. The SMILES string of the molecule is N#C[C@@]12C=CCC[C@@H]1CN(S(=O)(=O)c1ccccc1)[C@H]2c1ccccc1. The van der Waals surface area contributed by atoms with E-state index in [9.17, 15) is 13.7 Å². The van der Waals surface area contributed by atoms with Crippen molar-refractivity contribution in [2.24, 2.45) is 11.3 Å². The molecule has 0 radical (unpaired) electrons. The lowest BCUT2D eigenvalue weighted by atomic mass is 9.68. The fourth-order valence-corrected chi connectivity index (χ4v) is 6.02. The third-order valence-electron chi connectivity index (χ3n) is 5.55. The summed E-state index contributed by atoms with van der Waals surface area (Å²) >= 11 is 0. The first-order valence-electron chi connectivity index (χ1n) is 8.80. The van der Waals surface area contributed by atoms with Crippen LogP contribution in [-0.2, 0) is 10.0 Å². The maximum atomic E-state index is 13.4. The molecular formula is C21H20N2O2S. The average molecular weight is 364 g/mol. The Morgan fingerprint density at radius 1 is 1.04 bits per heavy atom. The summed E-state index contributed by atoms with van der Waals surface area (Å²) in [5.41, 5.74) is 0.0455. The Bertz CT molecular complexity index is 964. The quantitative estimate of drug-likeness (QED) is 0.776. The summed E-state index contributed by atoms with van der Waals surface area (Å²) in [5.74, 6) is 0.00110. The van der Waals surface area contributed by atoms with Crippen LogP contribution >= 0.6 is 0 Å². The van der Waals surface area contributed by atoms with Gasteiger partial charge in [0.05, 0.1) is 17.0 Å². The van der Waals surface area contributed by atoms with Crippen LogP contribution in [0.4, 0.5) is 0 Å². The van der Waals surface area contributed by atoms with E-state index >= 15 is 0 Å². The molecule has 1 aliphatic heterocycles. The molecule has 132 valence electrons. The number of benzene rings is 2. The van der Waals surface area contributed by atoms with E-state index in [-0.39, 0.29) is 10.8 Å². The molecule has 2 aromatic carbocycles. The van der Waals surface area contributed by atoms with Crippen molar-refractivity contribution >= 4 is 10.0 Å². The molecule has 26 heavy (non-hydrogen) atoms. The summed E-state index contributed by atoms with van der Waals surface area (Å²) in [5, 5.41) is 10.1. The maximum absolute atomic E-state index is 13.4. The molecule has 1 heterocycles. The van der Waals surface area contributed by atoms with Crippen LogP contribution in [0.1, 0.15) is 24.4 Å². The summed E-state index contributed by atoms with van der Waals surface area (Å²) in [6, 6.07) is 20.0. The zero-order chi connectivity index (χ0) is 18.2. The second kappa shape index (κ2) is 6.39. The number of sulfonamides is 1. The Kier molecular flexibility index (Phi) is 4.18. The number of nitrogens with zero attached hydrogens (tertiary/aromatic N) is 2. The Morgan fingerprint density at radius 2 is 1.69 bits per heavy atom. The topological polar surface area (TPSA) is 61.2 Å². The first-order valence-corrected chi connectivity index (χ1v) is 10.2. The van der Waals surface area contributed by atoms with Crippen molar-refractivity contribution in [1.82, 2.24) is 4.31 Å². The lowest BCUT2D eigenvalue weighted by Gasteiger charge is -2.34. The van der Waals surface area contributed by atoms with Crippen LogP contribution in [0, 0.1) is 22.7 Å². The summed E-state index contributed by atoms with van der Waals surface area (Å²) in [6.45, 7) is 0.370. The molecule has 0 unspecified atom stereocenters.